The molecule has 2 saturated heterocycles. The zero-order valence-electron chi connectivity index (χ0n) is 13.7. The van der Waals surface area contributed by atoms with Crippen LogP contribution in [0.2, 0.25) is 0 Å². The third kappa shape index (κ3) is 5.83. The maximum absolute atomic E-state index is 12.0. The predicted octanol–water partition coefficient (Wildman–Crippen LogP) is 2.40. The lowest BCUT2D eigenvalue weighted by Gasteiger charge is -2.33. The molecule has 0 aliphatic carbocycles. The highest BCUT2D eigenvalue weighted by atomic mass is 16.6. The van der Waals surface area contributed by atoms with E-state index in [1.165, 1.54) is 6.42 Å². The van der Waals surface area contributed by atoms with Crippen molar-refractivity contribution < 1.29 is 14.3 Å². The molecule has 0 aromatic carbocycles. The quantitative estimate of drug-likeness (QED) is 0.792. The minimum atomic E-state index is -0.401. The number of hydrogen-bond acceptors (Lipinski definition) is 4. The van der Waals surface area contributed by atoms with Crippen LogP contribution < -0.4 is 5.32 Å². The van der Waals surface area contributed by atoms with E-state index in [0.29, 0.717) is 6.10 Å². The van der Waals surface area contributed by atoms with Crippen LogP contribution in [0.3, 0.4) is 0 Å². The third-order valence-corrected chi connectivity index (χ3v) is 4.12. The average Bonchev–Trinajstić information content (AvgIpc) is 2.35. The van der Waals surface area contributed by atoms with E-state index in [1.807, 2.05) is 25.7 Å². The summed E-state index contributed by atoms with van der Waals surface area (Å²) in [6.45, 7) is 10.3. The van der Waals surface area contributed by atoms with Crippen LogP contribution in [0.15, 0.2) is 0 Å². The number of ether oxygens (including phenoxy) is 2. The maximum atomic E-state index is 12.0. The van der Waals surface area contributed by atoms with E-state index < -0.39 is 5.60 Å². The molecule has 2 aliphatic heterocycles. The highest BCUT2D eigenvalue weighted by Gasteiger charge is 2.26. The molecule has 0 atom stereocenters. The summed E-state index contributed by atoms with van der Waals surface area (Å²) in [6, 6.07) is 0. The second-order valence-corrected chi connectivity index (χ2v) is 7.20. The number of hydrogen-bond donors (Lipinski definition) is 1. The summed E-state index contributed by atoms with van der Waals surface area (Å²) in [5.41, 5.74) is -0.401. The number of likely N-dealkylation sites (tertiary alicyclic amines) is 1. The Morgan fingerprint density at radius 2 is 1.90 bits per heavy atom. The van der Waals surface area contributed by atoms with Crippen molar-refractivity contribution in [1.82, 2.24) is 10.2 Å². The monoisotopic (exact) mass is 298 g/mol. The highest BCUT2D eigenvalue weighted by Crippen LogP contribution is 2.23. The van der Waals surface area contributed by atoms with Crippen molar-refractivity contribution in [2.45, 2.75) is 58.2 Å². The zero-order valence-corrected chi connectivity index (χ0v) is 13.7. The molecule has 0 saturated carbocycles. The van der Waals surface area contributed by atoms with Gasteiger partial charge in [0, 0.05) is 32.8 Å². The van der Waals surface area contributed by atoms with Crippen LogP contribution in [0, 0.1) is 5.92 Å². The van der Waals surface area contributed by atoms with Gasteiger partial charge >= 0.3 is 6.09 Å². The van der Waals surface area contributed by atoms with Crippen molar-refractivity contribution >= 4 is 6.09 Å². The van der Waals surface area contributed by atoms with E-state index in [2.05, 4.69) is 5.32 Å². The molecule has 0 bridgehead atoms. The summed E-state index contributed by atoms with van der Waals surface area (Å²) in [5, 5.41) is 3.21. The molecule has 2 fully saturated rings. The van der Waals surface area contributed by atoms with Gasteiger partial charge in [-0.05, 0) is 52.4 Å². The van der Waals surface area contributed by atoms with Crippen LogP contribution in [0.4, 0.5) is 4.79 Å². The van der Waals surface area contributed by atoms with Crippen molar-refractivity contribution in [2.24, 2.45) is 5.92 Å². The molecular formula is C16H30N2O3. The van der Waals surface area contributed by atoms with Crippen molar-refractivity contribution in [1.29, 1.82) is 0 Å². The first-order chi connectivity index (χ1) is 9.94. The van der Waals surface area contributed by atoms with Gasteiger partial charge in [0.25, 0.3) is 0 Å². The second-order valence-electron chi connectivity index (χ2n) is 7.20. The van der Waals surface area contributed by atoms with Gasteiger partial charge in [0.05, 0.1) is 6.10 Å². The minimum Gasteiger partial charge on any atom is -0.444 e. The van der Waals surface area contributed by atoms with Gasteiger partial charge in [-0.1, -0.05) is 0 Å². The summed E-state index contributed by atoms with van der Waals surface area (Å²) in [4.78, 5) is 13.8. The zero-order chi connectivity index (χ0) is 15.3. The molecule has 2 aliphatic rings. The van der Waals surface area contributed by atoms with Gasteiger partial charge in [0.2, 0.25) is 0 Å². The molecule has 2 heterocycles. The molecule has 0 aromatic rings. The van der Waals surface area contributed by atoms with E-state index >= 15 is 0 Å². The summed E-state index contributed by atoms with van der Waals surface area (Å²) < 4.78 is 11.2. The molecule has 5 nitrogen and oxygen atoms in total. The lowest BCUT2D eigenvalue weighted by molar-refractivity contribution is 0.0103. The van der Waals surface area contributed by atoms with Gasteiger partial charge in [-0.15, -0.1) is 0 Å². The molecule has 1 amide bonds. The van der Waals surface area contributed by atoms with Crippen LogP contribution in [0.5, 0.6) is 0 Å². The number of carbonyl (C=O) groups is 1. The first-order valence-corrected chi connectivity index (χ1v) is 8.24. The van der Waals surface area contributed by atoms with Crippen molar-refractivity contribution in [2.75, 3.05) is 32.8 Å². The fourth-order valence-corrected chi connectivity index (χ4v) is 2.73. The van der Waals surface area contributed by atoms with Gasteiger partial charge in [-0.25, -0.2) is 4.79 Å². The molecule has 21 heavy (non-hydrogen) atoms. The predicted molar refractivity (Wildman–Crippen MR) is 82.4 cm³/mol. The van der Waals surface area contributed by atoms with Crippen molar-refractivity contribution in [3.63, 3.8) is 0 Å². The van der Waals surface area contributed by atoms with Crippen molar-refractivity contribution in [3.05, 3.63) is 0 Å². The fraction of sp³-hybridized carbons (Fsp3) is 0.938. The fourth-order valence-electron chi connectivity index (χ4n) is 2.73. The minimum absolute atomic E-state index is 0.165. The number of rotatable bonds is 5. The Kier molecular flexibility index (Phi) is 5.88. The molecular weight excluding hydrogens is 268 g/mol. The van der Waals surface area contributed by atoms with E-state index in [1.54, 1.807) is 0 Å². The van der Waals surface area contributed by atoms with Crippen LogP contribution in [0.1, 0.15) is 46.5 Å². The van der Waals surface area contributed by atoms with E-state index in [-0.39, 0.29) is 6.09 Å². The molecule has 2 rings (SSSR count). The standard InChI is InChI=1S/C16H30N2O3/c1-16(2,3)21-15(19)18-8-6-13(7-9-18)5-4-10-20-14-11-17-12-14/h13-14,17H,4-12H2,1-3H3. The summed E-state index contributed by atoms with van der Waals surface area (Å²) in [7, 11) is 0. The smallest absolute Gasteiger partial charge is 0.410 e. The van der Waals surface area contributed by atoms with Crippen LogP contribution in [-0.4, -0.2) is 55.5 Å². The molecule has 1 N–H and O–H groups in total. The molecule has 0 unspecified atom stereocenters. The summed E-state index contributed by atoms with van der Waals surface area (Å²) >= 11 is 0. The van der Waals surface area contributed by atoms with Gasteiger partial charge < -0.3 is 19.7 Å². The van der Waals surface area contributed by atoms with Crippen LogP contribution in [-0.2, 0) is 9.47 Å². The number of amides is 1. The van der Waals surface area contributed by atoms with Gasteiger partial charge in [0.1, 0.15) is 5.60 Å². The van der Waals surface area contributed by atoms with E-state index in [0.717, 1.165) is 58.0 Å². The Bertz CT molecular complexity index is 329. The third-order valence-electron chi connectivity index (χ3n) is 4.12. The summed E-state index contributed by atoms with van der Waals surface area (Å²) in [6.07, 6.45) is 4.80. The molecule has 0 aromatic heterocycles. The second kappa shape index (κ2) is 7.45. The Hall–Kier alpha value is -0.810. The van der Waals surface area contributed by atoms with Gasteiger partial charge in [-0.2, -0.15) is 0 Å². The maximum Gasteiger partial charge on any atom is 0.410 e. The van der Waals surface area contributed by atoms with E-state index in [4.69, 9.17) is 9.47 Å². The van der Waals surface area contributed by atoms with E-state index in [9.17, 15) is 4.79 Å². The lowest BCUT2D eigenvalue weighted by atomic mass is 9.92. The number of nitrogens with zero attached hydrogens (tertiary/aromatic N) is 1. The number of piperidine rings is 1. The van der Waals surface area contributed by atoms with Gasteiger partial charge in [0.15, 0.2) is 0 Å². The Morgan fingerprint density at radius 1 is 1.24 bits per heavy atom. The first-order valence-electron chi connectivity index (χ1n) is 8.24. The van der Waals surface area contributed by atoms with Crippen molar-refractivity contribution in [3.8, 4) is 0 Å². The van der Waals surface area contributed by atoms with Gasteiger partial charge in [-0.3, -0.25) is 0 Å². The van der Waals surface area contributed by atoms with Crippen LogP contribution >= 0.6 is 0 Å². The summed E-state index contributed by atoms with van der Waals surface area (Å²) in [5.74, 6) is 0.729. The molecule has 0 spiro atoms. The Labute approximate surface area is 128 Å². The first kappa shape index (κ1) is 16.6. The molecule has 5 heteroatoms. The Balaban J connectivity index is 1.56. The largest absolute Gasteiger partial charge is 0.444 e. The topological polar surface area (TPSA) is 50.8 Å². The lowest BCUT2D eigenvalue weighted by Crippen LogP contribution is -2.48. The van der Waals surface area contributed by atoms with Crippen LogP contribution in [0.25, 0.3) is 0 Å². The highest BCUT2D eigenvalue weighted by molar-refractivity contribution is 5.68. The SMILES string of the molecule is CC(C)(C)OC(=O)N1CCC(CCCOC2CNC2)CC1. The number of nitrogens with one attached hydrogen (secondary N) is 1. The normalized spacial score (nSPS) is 21.2. The Morgan fingerprint density at radius 3 is 2.43 bits per heavy atom. The number of carbonyl (C=O) groups excluding carboxylic acids is 1. The average molecular weight is 298 g/mol. The molecule has 0 radical (unpaired) electrons. The molecule has 122 valence electrons.